The van der Waals surface area contributed by atoms with Gasteiger partial charge in [-0.1, -0.05) is 81.4 Å². The normalized spacial score (nSPS) is 21.6. The van der Waals surface area contributed by atoms with Gasteiger partial charge in [0.2, 0.25) is 0 Å². The van der Waals surface area contributed by atoms with Crippen molar-refractivity contribution in [1.82, 2.24) is 0 Å². The first-order valence-corrected chi connectivity index (χ1v) is 20.2. The van der Waals surface area contributed by atoms with Crippen LogP contribution < -0.4 is 0 Å². The molecule has 0 saturated carbocycles. The first-order valence-electron chi connectivity index (χ1n) is 16.3. The topological polar surface area (TPSA) is 118 Å². The van der Waals surface area contributed by atoms with Crippen LogP contribution in [0.4, 0.5) is 0 Å². The van der Waals surface area contributed by atoms with E-state index in [0.29, 0.717) is 12.4 Å². The summed E-state index contributed by atoms with van der Waals surface area (Å²) in [5.74, 6) is -1.77. The SMILES string of the molecule is C=CC(CO[Si](C)(C)C(C)(C)C)CSC1OC(CO)C(OC(=O)c2ccccc2)C(OC(=O)c2ccccc2)C1OC(=O)c1ccccc1. The molecule has 0 amide bonds. The molecule has 49 heavy (non-hydrogen) atoms. The number of esters is 3. The number of ether oxygens (including phenoxy) is 4. The van der Waals surface area contributed by atoms with Gasteiger partial charge in [-0.2, -0.15) is 0 Å². The molecule has 11 heteroatoms. The Morgan fingerprint density at radius 3 is 1.63 bits per heavy atom. The number of carbonyl (C=O) groups is 3. The summed E-state index contributed by atoms with van der Waals surface area (Å²) in [5, 5.41) is 10.6. The summed E-state index contributed by atoms with van der Waals surface area (Å²) in [4.78, 5) is 40.4. The number of benzene rings is 3. The molecule has 262 valence electrons. The van der Waals surface area contributed by atoms with Crippen molar-refractivity contribution in [3.05, 3.63) is 120 Å². The maximum atomic E-state index is 13.6. The molecule has 3 aromatic carbocycles. The van der Waals surface area contributed by atoms with Crippen molar-refractivity contribution in [2.24, 2.45) is 5.92 Å². The predicted octanol–water partition coefficient (Wildman–Crippen LogP) is 6.94. The van der Waals surface area contributed by atoms with Crippen LogP contribution in [0.5, 0.6) is 0 Å². The fourth-order valence-electron chi connectivity index (χ4n) is 4.79. The van der Waals surface area contributed by atoms with E-state index in [4.69, 9.17) is 23.4 Å². The molecule has 6 unspecified atom stereocenters. The molecule has 1 fully saturated rings. The lowest BCUT2D eigenvalue weighted by Crippen LogP contribution is -2.61. The third kappa shape index (κ3) is 10.1. The molecule has 0 aliphatic carbocycles. The number of aliphatic hydroxyl groups is 1. The first-order chi connectivity index (χ1) is 23.3. The van der Waals surface area contributed by atoms with Crippen LogP contribution in [0.15, 0.2) is 104 Å². The summed E-state index contributed by atoms with van der Waals surface area (Å²) in [7, 11) is -2.05. The van der Waals surface area contributed by atoms with E-state index in [1.807, 2.05) is 6.08 Å². The van der Waals surface area contributed by atoms with Gasteiger partial charge in [0, 0.05) is 18.3 Å². The maximum absolute atomic E-state index is 13.6. The van der Waals surface area contributed by atoms with Crippen molar-refractivity contribution in [2.45, 2.75) is 68.8 Å². The van der Waals surface area contributed by atoms with Gasteiger partial charge in [0.1, 0.15) is 11.5 Å². The van der Waals surface area contributed by atoms with Crippen LogP contribution in [-0.4, -0.2) is 80.2 Å². The molecule has 1 N–H and O–H groups in total. The molecule has 1 aliphatic rings. The van der Waals surface area contributed by atoms with Crippen molar-refractivity contribution < 1.29 is 42.9 Å². The highest BCUT2D eigenvalue weighted by Gasteiger charge is 2.52. The molecule has 0 radical (unpaired) electrons. The molecule has 0 aromatic heterocycles. The van der Waals surface area contributed by atoms with E-state index in [0.717, 1.165) is 0 Å². The Balaban J connectivity index is 1.68. The quantitative estimate of drug-likeness (QED) is 0.0818. The molecule has 1 heterocycles. The van der Waals surface area contributed by atoms with Gasteiger partial charge in [-0.3, -0.25) is 0 Å². The average molecular weight is 707 g/mol. The van der Waals surface area contributed by atoms with E-state index in [1.165, 1.54) is 11.8 Å². The van der Waals surface area contributed by atoms with Crippen LogP contribution in [0.3, 0.4) is 0 Å². The second-order valence-electron chi connectivity index (χ2n) is 13.3. The van der Waals surface area contributed by atoms with Gasteiger partial charge >= 0.3 is 17.9 Å². The standard InChI is InChI=1S/C38H46O9SSi/c1-7-26(24-43-49(5,6)38(2,3)4)25-48-37-33(47-36(42)29-21-15-10-16-22-29)32(46-35(41)28-19-13-9-14-20-28)31(30(23-39)44-37)45-34(40)27-17-11-8-12-18-27/h7-22,26,30-33,37,39H,1,23-25H2,2-6H3. The highest BCUT2D eigenvalue weighted by molar-refractivity contribution is 7.99. The van der Waals surface area contributed by atoms with Crippen molar-refractivity contribution in [3.8, 4) is 0 Å². The number of rotatable bonds is 14. The fourth-order valence-corrected chi connectivity index (χ4v) is 7.15. The number of hydrogen-bond acceptors (Lipinski definition) is 10. The molecular weight excluding hydrogens is 661 g/mol. The van der Waals surface area contributed by atoms with Crippen LogP contribution in [0.2, 0.25) is 18.1 Å². The van der Waals surface area contributed by atoms with Crippen LogP contribution in [-0.2, 0) is 23.4 Å². The number of hydrogen-bond donors (Lipinski definition) is 1. The largest absolute Gasteiger partial charge is 0.452 e. The second-order valence-corrected chi connectivity index (χ2v) is 19.3. The second kappa shape index (κ2) is 17.3. The van der Waals surface area contributed by atoms with E-state index in [1.54, 1.807) is 91.0 Å². The Hall–Kier alpha value is -3.74. The highest BCUT2D eigenvalue weighted by atomic mass is 32.2. The van der Waals surface area contributed by atoms with E-state index < -0.39 is 62.7 Å². The lowest BCUT2D eigenvalue weighted by Gasteiger charge is -2.44. The maximum Gasteiger partial charge on any atom is 0.338 e. The van der Waals surface area contributed by atoms with Gasteiger partial charge in [0.05, 0.1) is 23.3 Å². The predicted molar refractivity (Wildman–Crippen MR) is 192 cm³/mol. The monoisotopic (exact) mass is 706 g/mol. The zero-order chi connectivity index (χ0) is 35.6. The third-order valence-corrected chi connectivity index (χ3v) is 14.6. The van der Waals surface area contributed by atoms with Crippen molar-refractivity contribution in [2.75, 3.05) is 19.0 Å². The molecular formula is C38H46O9SSi. The van der Waals surface area contributed by atoms with Crippen molar-refractivity contribution in [1.29, 1.82) is 0 Å². The average Bonchev–Trinajstić information content (AvgIpc) is 3.10. The minimum absolute atomic E-state index is 0.0193. The van der Waals surface area contributed by atoms with Crippen LogP contribution in [0, 0.1) is 5.92 Å². The van der Waals surface area contributed by atoms with Crippen LogP contribution in [0.1, 0.15) is 51.8 Å². The van der Waals surface area contributed by atoms with E-state index in [2.05, 4.69) is 40.4 Å². The van der Waals surface area contributed by atoms with Gasteiger partial charge in [-0.15, -0.1) is 18.3 Å². The Bertz CT molecular complexity index is 1530. The van der Waals surface area contributed by atoms with Crippen molar-refractivity contribution in [3.63, 3.8) is 0 Å². The van der Waals surface area contributed by atoms with E-state index in [9.17, 15) is 19.5 Å². The molecule has 3 aromatic rings. The van der Waals surface area contributed by atoms with Gasteiger partial charge in [0.15, 0.2) is 26.6 Å². The minimum atomic E-state index is -2.05. The molecule has 0 bridgehead atoms. The van der Waals surface area contributed by atoms with Crippen LogP contribution in [0.25, 0.3) is 0 Å². The van der Waals surface area contributed by atoms with Gasteiger partial charge in [-0.25, -0.2) is 14.4 Å². The Labute approximate surface area is 294 Å². The molecule has 0 spiro atoms. The molecule has 6 atom stereocenters. The third-order valence-electron chi connectivity index (χ3n) is 8.80. The summed E-state index contributed by atoms with van der Waals surface area (Å²) in [6.45, 7) is 14.8. The summed E-state index contributed by atoms with van der Waals surface area (Å²) in [5.41, 5.74) is -0.166. The number of aliphatic hydroxyl groups excluding tert-OH is 1. The lowest BCUT2D eigenvalue weighted by atomic mass is 9.98. The van der Waals surface area contributed by atoms with Gasteiger partial charge < -0.3 is 28.5 Å². The lowest BCUT2D eigenvalue weighted by molar-refractivity contribution is -0.207. The summed E-state index contributed by atoms with van der Waals surface area (Å²) < 4.78 is 30.9. The number of thioether (sulfide) groups is 1. The first kappa shape index (κ1) is 38.1. The smallest absolute Gasteiger partial charge is 0.338 e. The summed E-state index contributed by atoms with van der Waals surface area (Å²) >= 11 is 1.32. The zero-order valence-corrected chi connectivity index (χ0v) is 30.5. The van der Waals surface area contributed by atoms with Crippen LogP contribution >= 0.6 is 11.8 Å². The molecule has 9 nitrogen and oxygen atoms in total. The van der Waals surface area contributed by atoms with Gasteiger partial charge in [0.25, 0.3) is 0 Å². The molecule has 1 aliphatic heterocycles. The zero-order valence-electron chi connectivity index (χ0n) is 28.7. The Morgan fingerprint density at radius 1 is 0.796 bits per heavy atom. The van der Waals surface area contributed by atoms with E-state index >= 15 is 0 Å². The molecule has 1 saturated heterocycles. The molecule has 4 rings (SSSR count). The fraction of sp³-hybridized carbons (Fsp3) is 0.395. The summed E-state index contributed by atoms with van der Waals surface area (Å²) in [6.07, 6.45) is -3.21. The highest BCUT2D eigenvalue weighted by Crippen LogP contribution is 2.38. The minimum Gasteiger partial charge on any atom is -0.452 e. The van der Waals surface area contributed by atoms with Crippen molar-refractivity contribution >= 4 is 38.0 Å². The Morgan fingerprint density at radius 2 is 1.22 bits per heavy atom. The Kier molecular flexibility index (Phi) is 13.4. The van der Waals surface area contributed by atoms with E-state index in [-0.39, 0.29) is 27.6 Å². The number of carbonyl (C=O) groups excluding carboxylic acids is 3. The summed E-state index contributed by atoms with van der Waals surface area (Å²) in [6, 6.07) is 25.0. The van der Waals surface area contributed by atoms with Gasteiger partial charge in [-0.05, 0) is 54.5 Å².